The molecule has 28 heavy (non-hydrogen) atoms. The van der Waals surface area contributed by atoms with E-state index < -0.39 is 0 Å². The first kappa shape index (κ1) is 19.4. The second-order valence-corrected chi connectivity index (χ2v) is 8.28. The van der Waals surface area contributed by atoms with Crippen molar-refractivity contribution in [3.63, 3.8) is 0 Å². The van der Waals surface area contributed by atoms with Crippen LogP contribution in [0.5, 0.6) is 0 Å². The van der Waals surface area contributed by atoms with Gasteiger partial charge in [-0.3, -0.25) is 20.0 Å². The van der Waals surface area contributed by atoms with E-state index in [-0.39, 0.29) is 17.1 Å². The molecular weight excluding hydrogens is 357 g/mol. The normalized spacial score (nSPS) is 24.2. The van der Waals surface area contributed by atoms with E-state index in [0.29, 0.717) is 19.2 Å². The molecule has 1 aromatic carbocycles. The summed E-state index contributed by atoms with van der Waals surface area (Å²) >= 11 is 0. The number of hydrogen-bond donors (Lipinski definition) is 1. The summed E-state index contributed by atoms with van der Waals surface area (Å²) in [6.45, 7) is 6.91. The fourth-order valence-electron chi connectivity index (χ4n) is 5.08. The zero-order chi connectivity index (χ0) is 19.7. The number of benzene rings is 1. The first-order valence-electron chi connectivity index (χ1n) is 10.4. The Kier molecular flexibility index (Phi) is 5.43. The molecule has 0 radical (unpaired) electrons. The molecule has 5 nitrogen and oxygen atoms in total. The van der Waals surface area contributed by atoms with Gasteiger partial charge in [0, 0.05) is 36.3 Å². The van der Waals surface area contributed by atoms with Crippen LogP contribution in [0.1, 0.15) is 51.5 Å². The van der Waals surface area contributed by atoms with Gasteiger partial charge >= 0.3 is 0 Å². The predicted octanol–water partition coefficient (Wildman–Crippen LogP) is 3.50. The van der Waals surface area contributed by atoms with Crippen molar-refractivity contribution in [2.45, 2.75) is 57.4 Å². The maximum atomic E-state index is 14.0. The molecule has 1 fully saturated rings. The van der Waals surface area contributed by atoms with E-state index in [1.54, 1.807) is 19.1 Å². The van der Waals surface area contributed by atoms with Crippen molar-refractivity contribution in [1.82, 2.24) is 10.4 Å². The van der Waals surface area contributed by atoms with Crippen molar-refractivity contribution < 1.29 is 14.0 Å². The number of hydrogen-bond acceptors (Lipinski definition) is 4. The number of allylic oxidation sites excluding steroid dienone is 1. The first-order chi connectivity index (χ1) is 13.5. The number of anilines is 1. The summed E-state index contributed by atoms with van der Waals surface area (Å²) in [5.74, 6) is -0.170. The zero-order valence-corrected chi connectivity index (χ0v) is 16.8. The van der Waals surface area contributed by atoms with Crippen molar-refractivity contribution in [3.05, 3.63) is 41.4 Å². The molecule has 1 aliphatic carbocycles. The Hall–Kier alpha value is -1.92. The molecule has 1 N–H and O–H groups in total. The molecule has 3 aliphatic rings. The number of rotatable bonds is 4. The summed E-state index contributed by atoms with van der Waals surface area (Å²) < 4.78 is 14.0. The van der Waals surface area contributed by atoms with Crippen LogP contribution in [-0.4, -0.2) is 43.1 Å². The van der Waals surface area contributed by atoms with Crippen molar-refractivity contribution >= 4 is 11.6 Å². The molecule has 0 aromatic heterocycles. The lowest BCUT2D eigenvalue weighted by Gasteiger charge is -2.43. The summed E-state index contributed by atoms with van der Waals surface area (Å²) in [7, 11) is 0. The number of nitrogens with one attached hydrogen (secondary N) is 1. The molecule has 1 saturated heterocycles. The van der Waals surface area contributed by atoms with Crippen LogP contribution >= 0.6 is 0 Å². The lowest BCUT2D eigenvalue weighted by molar-refractivity contribution is -0.116. The van der Waals surface area contributed by atoms with E-state index in [0.717, 1.165) is 56.4 Å². The van der Waals surface area contributed by atoms with Crippen LogP contribution in [0.4, 0.5) is 10.1 Å². The highest BCUT2D eigenvalue weighted by Crippen LogP contribution is 2.47. The molecular formula is C22H30FN3O2. The highest BCUT2D eigenvalue weighted by atomic mass is 19.1. The number of piperidine rings is 1. The van der Waals surface area contributed by atoms with Gasteiger partial charge in [-0.15, -0.1) is 0 Å². The average molecular weight is 387 g/mol. The van der Waals surface area contributed by atoms with Gasteiger partial charge in [0.1, 0.15) is 5.82 Å². The fourth-order valence-corrected chi connectivity index (χ4v) is 5.08. The number of likely N-dealkylation sites (tertiary alicyclic amines) is 1. The zero-order valence-electron chi connectivity index (χ0n) is 16.8. The third-order valence-electron chi connectivity index (χ3n) is 6.66. The van der Waals surface area contributed by atoms with Crippen LogP contribution in [0.15, 0.2) is 30.0 Å². The second-order valence-electron chi connectivity index (χ2n) is 8.28. The lowest BCUT2D eigenvalue weighted by atomic mass is 9.73. The minimum absolute atomic E-state index is 0.0407. The molecule has 0 bridgehead atoms. The van der Waals surface area contributed by atoms with Gasteiger partial charge < -0.3 is 4.90 Å². The highest BCUT2D eigenvalue weighted by Gasteiger charge is 2.46. The Morgan fingerprint density at radius 1 is 1.36 bits per heavy atom. The molecule has 2 heterocycles. The van der Waals surface area contributed by atoms with E-state index in [1.165, 1.54) is 11.8 Å². The van der Waals surface area contributed by atoms with Gasteiger partial charge in [-0.1, -0.05) is 6.08 Å². The molecule has 2 aliphatic heterocycles. The molecule has 0 saturated carbocycles. The molecule has 1 amide bonds. The van der Waals surface area contributed by atoms with Gasteiger partial charge in [-0.2, -0.15) is 0 Å². The molecule has 4 rings (SSSR count). The van der Waals surface area contributed by atoms with Gasteiger partial charge in [-0.05, 0) is 75.9 Å². The smallest absolute Gasteiger partial charge is 0.223 e. The number of carbonyl (C=O) groups excluding carboxylic acids is 1. The third kappa shape index (κ3) is 3.55. The fraction of sp³-hybridized carbons (Fsp3) is 0.591. The minimum atomic E-state index is -0.210. The minimum Gasteiger partial charge on any atom is -0.311 e. The van der Waals surface area contributed by atoms with Crippen LogP contribution in [-0.2, 0) is 15.0 Å². The quantitative estimate of drug-likeness (QED) is 0.803. The van der Waals surface area contributed by atoms with Gasteiger partial charge in [0.05, 0.1) is 6.61 Å². The van der Waals surface area contributed by atoms with E-state index >= 15 is 0 Å². The van der Waals surface area contributed by atoms with Gasteiger partial charge in [0.25, 0.3) is 0 Å². The summed E-state index contributed by atoms with van der Waals surface area (Å²) in [5, 5.41) is 0. The molecule has 1 atom stereocenters. The van der Waals surface area contributed by atoms with Crippen molar-refractivity contribution in [3.8, 4) is 0 Å². The van der Waals surface area contributed by atoms with E-state index in [1.807, 2.05) is 11.8 Å². The van der Waals surface area contributed by atoms with Crippen LogP contribution in [0, 0.1) is 5.82 Å². The highest BCUT2D eigenvalue weighted by molar-refractivity contribution is 5.94. The number of hydroxylamine groups is 1. The Labute approximate surface area is 166 Å². The van der Waals surface area contributed by atoms with Crippen LogP contribution in [0.3, 0.4) is 0 Å². The number of carbonyl (C=O) groups is 1. The summed E-state index contributed by atoms with van der Waals surface area (Å²) in [6, 6.07) is 5.45. The largest absolute Gasteiger partial charge is 0.311 e. The monoisotopic (exact) mass is 387 g/mol. The van der Waals surface area contributed by atoms with Gasteiger partial charge in [0.15, 0.2) is 0 Å². The molecule has 1 unspecified atom stereocenters. The maximum Gasteiger partial charge on any atom is 0.223 e. The van der Waals surface area contributed by atoms with Gasteiger partial charge in [-0.25, -0.2) is 4.39 Å². The maximum absolute atomic E-state index is 14.0. The molecule has 6 heteroatoms. The van der Waals surface area contributed by atoms with Crippen molar-refractivity contribution in [2.24, 2.45) is 0 Å². The first-order valence-corrected chi connectivity index (χ1v) is 10.4. The van der Waals surface area contributed by atoms with Crippen molar-refractivity contribution in [2.75, 3.05) is 31.1 Å². The second kappa shape index (κ2) is 7.84. The standard InChI is InChI=1S/C22H30FN3O2/c1-3-28-24-18-5-7-19(8-6-18)25-12-10-22(11-13-25)15-26(16(2)27)21-9-4-17(23)14-20(21)22/h4-5,9,14,19,24H,3,6-8,10-13,15H2,1-2H3. The summed E-state index contributed by atoms with van der Waals surface area (Å²) in [5.41, 5.74) is 6.03. The molecule has 1 aromatic rings. The Morgan fingerprint density at radius 2 is 2.14 bits per heavy atom. The van der Waals surface area contributed by atoms with Crippen molar-refractivity contribution in [1.29, 1.82) is 0 Å². The Balaban J connectivity index is 1.44. The van der Waals surface area contributed by atoms with E-state index in [2.05, 4.69) is 16.5 Å². The number of halogens is 1. The molecule has 152 valence electrons. The SMILES string of the molecule is CCONC1=CCC(N2CCC3(CC2)CN(C(C)=O)c2ccc(F)cc23)CC1. The number of nitrogens with zero attached hydrogens (tertiary/aromatic N) is 2. The number of amides is 1. The predicted molar refractivity (Wildman–Crippen MR) is 107 cm³/mol. The van der Waals surface area contributed by atoms with Crippen LogP contribution < -0.4 is 10.4 Å². The average Bonchev–Trinajstić information content (AvgIpc) is 3.01. The lowest BCUT2D eigenvalue weighted by Crippen LogP contribution is -2.49. The van der Waals surface area contributed by atoms with Crippen LogP contribution in [0.2, 0.25) is 0 Å². The molecule has 1 spiro atoms. The van der Waals surface area contributed by atoms with E-state index in [4.69, 9.17) is 4.84 Å². The summed E-state index contributed by atoms with van der Waals surface area (Å²) in [4.78, 5) is 21.8. The topological polar surface area (TPSA) is 44.8 Å². The Bertz CT molecular complexity index is 771. The third-order valence-corrected chi connectivity index (χ3v) is 6.66. The van der Waals surface area contributed by atoms with E-state index in [9.17, 15) is 9.18 Å². The van der Waals surface area contributed by atoms with Gasteiger partial charge in [0.2, 0.25) is 5.91 Å². The van der Waals surface area contributed by atoms with Crippen LogP contribution in [0.25, 0.3) is 0 Å². The summed E-state index contributed by atoms with van der Waals surface area (Å²) in [6.07, 6.45) is 7.37. The number of fused-ring (bicyclic) bond motifs is 2. The Morgan fingerprint density at radius 3 is 2.79 bits per heavy atom.